The fourth-order valence-corrected chi connectivity index (χ4v) is 5.66. The Morgan fingerprint density at radius 2 is 2.00 bits per heavy atom. The summed E-state index contributed by atoms with van der Waals surface area (Å²) in [4.78, 5) is 1.10. The number of nitrogens with zero attached hydrogens (tertiary/aromatic N) is 1. The SMILES string of the molecule is CC(N)C1CCCN(S(=O)(=O)c2ccc(C(C)(C)C)s2)C1.Cl. The molecule has 0 aromatic carbocycles. The summed E-state index contributed by atoms with van der Waals surface area (Å²) in [6.45, 7) is 9.41. The summed E-state index contributed by atoms with van der Waals surface area (Å²) in [5, 5.41) is 0. The molecule has 128 valence electrons. The summed E-state index contributed by atoms with van der Waals surface area (Å²) in [7, 11) is -3.37. The number of rotatable bonds is 3. The Morgan fingerprint density at radius 1 is 1.36 bits per heavy atom. The number of hydrogen-bond acceptors (Lipinski definition) is 4. The van der Waals surface area contributed by atoms with E-state index in [1.165, 1.54) is 11.3 Å². The molecule has 0 radical (unpaired) electrons. The zero-order valence-corrected chi connectivity index (χ0v) is 16.2. The van der Waals surface area contributed by atoms with E-state index in [-0.39, 0.29) is 29.8 Å². The second kappa shape index (κ2) is 7.18. The van der Waals surface area contributed by atoms with E-state index < -0.39 is 10.0 Å². The molecule has 2 rings (SSSR count). The van der Waals surface area contributed by atoms with Crippen LogP contribution < -0.4 is 5.73 Å². The first-order valence-electron chi connectivity index (χ1n) is 7.48. The molecule has 0 bridgehead atoms. The Kier molecular flexibility index (Phi) is 6.49. The number of sulfonamides is 1. The first-order chi connectivity index (χ1) is 9.62. The van der Waals surface area contributed by atoms with Gasteiger partial charge < -0.3 is 5.73 Å². The highest BCUT2D eigenvalue weighted by atomic mass is 35.5. The van der Waals surface area contributed by atoms with Gasteiger partial charge in [0.25, 0.3) is 10.0 Å². The number of piperidine rings is 1. The first-order valence-corrected chi connectivity index (χ1v) is 9.74. The van der Waals surface area contributed by atoms with E-state index in [0.29, 0.717) is 17.3 Å². The predicted octanol–water partition coefficient (Wildman–Crippen LogP) is 3.22. The lowest BCUT2D eigenvalue weighted by molar-refractivity contribution is 0.243. The number of thiophene rings is 1. The normalized spacial score (nSPS) is 22.1. The van der Waals surface area contributed by atoms with E-state index in [4.69, 9.17) is 5.73 Å². The van der Waals surface area contributed by atoms with Gasteiger partial charge in [0, 0.05) is 24.0 Å². The summed E-state index contributed by atoms with van der Waals surface area (Å²) >= 11 is 1.39. The molecule has 0 amide bonds. The quantitative estimate of drug-likeness (QED) is 0.893. The molecule has 7 heteroatoms. The molecule has 1 aliphatic rings. The molecule has 0 aliphatic carbocycles. The molecule has 1 aliphatic heterocycles. The predicted molar refractivity (Wildman–Crippen MR) is 95.4 cm³/mol. The van der Waals surface area contributed by atoms with Crippen LogP contribution in [-0.4, -0.2) is 31.9 Å². The topological polar surface area (TPSA) is 63.4 Å². The Hall–Kier alpha value is -0.140. The van der Waals surface area contributed by atoms with Gasteiger partial charge in [0.2, 0.25) is 0 Å². The van der Waals surface area contributed by atoms with Gasteiger partial charge in [0.15, 0.2) is 0 Å². The zero-order chi connectivity index (χ0) is 15.8. The zero-order valence-electron chi connectivity index (χ0n) is 13.7. The molecular formula is C15H27ClN2O2S2. The van der Waals surface area contributed by atoms with Crippen molar-refractivity contribution in [1.82, 2.24) is 4.31 Å². The second-order valence-electron chi connectivity index (χ2n) is 6.99. The van der Waals surface area contributed by atoms with Gasteiger partial charge in [0.1, 0.15) is 4.21 Å². The third-order valence-electron chi connectivity index (χ3n) is 4.08. The van der Waals surface area contributed by atoms with Gasteiger partial charge in [-0.25, -0.2) is 8.42 Å². The number of nitrogens with two attached hydrogens (primary N) is 1. The fourth-order valence-electron chi connectivity index (χ4n) is 2.61. The van der Waals surface area contributed by atoms with Crippen LogP contribution in [0, 0.1) is 5.92 Å². The van der Waals surface area contributed by atoms with Crippen molar-refractivity contribution in [2.45, 2.75) is 56.2 Å². The standard InChI is InChI=1S/C15H26N2O2S2.ClH/c1-11(16)12-6-5-9-17(10-12)21(18,19)14-8-7-13(20-14)15(2,3)4;/h7-8,11-12H,5-6,9-10,16H2,1-4H3;1H. The second-order valence-corrected chi connectivity index (χ2v) is 10.2. The average molecular weight is 367 g/mol. The lowest BCUT2D eigenvalue weighted by atomic mass is 9.93. The third-order valence-corrected chi connectivity index (χ3v) is 7.92. The van der Waals surface area contributed by atoms with Crippen molar-refractivity contribution >= 4 is 33.8 Å². The molecule has 2 unspecified atom stereocenters. The molecule has 0 saturated carbocycles. The molecule has 1 aromatic rings. The summed E-state index contributed by atoms with van der Waals surface area (Å²) in [6.07, 6.45) is 1.91. The monoisotopic (exact) mass is 366 g/mol. The summed E-state index contributed by atoms with van der Waals surface area (Å²) in [5.41, 5.74) is 5.93. The highest BCUT2D eigenvalue weighted by molar-refractivity contribution is 7.91. The molecule has 2 heterocycles. The van der Waals surface area contributed by atoms with Crippen molar-refractivity contribution < 1.29 is 8.42 Å². The van der Waals surface area contributed by atoms with Gasteiger partial charge >= 0.3 is 0 Å². The van der Waals surface area contributed by atoms with Crippen LogP contribution in [0.3, 0.4) is 0 Å². The number of halogens is 1. The number of hydrogen-bond donors (Lipinski definition) is 1. The molecule has 4 nitrogen and oxygen atoms in total. The first kappa shape index (κ1) is 19.9. The minimum Gasteiger partial charge on any atom is -0.328 e. The highest BCUT2D eigenvalue weighted by Gasteiger charge is 2.33. The largest absolute Gasteiger partial charge is 0.328 e. The minimum atomic E-state index is -3.37. The molecule has 0 spiro atoms. The fraction of sp³-hybridized carbons (Fsp3) is 0.733. The molecule has 1 saturated heterocycles. The molecule has 22 heavy (non-hydrogen) atoms. The minimum absolute atomic E-state index is 0. The van der Waals surface area contributed by atoms with Crippen LogP contribution in [0.1, 0.15) is 45.4 Å². The van der Waals surface area contributed by atoms with Gasteiger partial charge in [-0.3, -0.25) is 0 Å². The highest BCUT2D eigenvalue weighted by Crippen LogP contribution is 2.34. The van der Waals surface area contributed by atoms with Crippen LogP contribution >= 0.6 is 23.7 Å². The molecular weight excluding hydrogens is 340 g/mol. The summed E-state index contributed by atoms with van der Waals surface area (Å²) in [6, 6.07) is 3.72. The molecule has 1 aromatic heterocycles. The average Bonchev–Trinajstić information content (AvgIpc) is 2.89. The lowest BCUT2D eigenvalue weighted by Crippen LogP contribution is -2.44. The van der Waals surface area contributed by atoms with Crippen LogP contribution in [0.15, 0.2) is 16.3 Å². The van der Waals surface area contributed by atoms with Gasteiger partial charge in [-0.15, -0.1) is 23.7 Å². The Bertz CT molecular complexity index is 591. The summed E-state index contributed by atoms with van der Waals surface area (Å²) < 4.78 is 27.7. The van der Waals surface area contributed by atoms with Gasteiger partial charge in [-0.1, -0.05) is 20.8 Å². The molecule has 2 N–H and O–H groups in total. The molecule has 1 fully saturated rings. The van der Waals surface area contributed by atoms with E-state index in [2.05, 4.69) is 20.8 Å². The molecule has 2 atom stereocenters. The van der Waals surface area contributed by atoms with Crippen molar-refractivity contribution in [3.63, 3.8) is 0 Å². The van der Waals surface area contributed by atoms with E-state index >= 15 is 0 Å². The van der Waals surface area contributed by atoms with Crippen LogP contribution in [0.2, 0.25) is 0 Å². The van der Waals surface area contributed by atoms with Crippen LogP contribution in [0.5, 0.6) is 0 Å². The van der Waals surface area contributed by atoms with Crippen molar-refractivity contribution in [3.05, 3.63) is 17.0 Å². The Labute approximate surface area is 144 Å². The van der Waals surface area contributed by atoms with Gasteiger partial charge in [0.05, 0.1) is 0 Å². The van der Waals surface area contributed by atoms with Crippen molar-refractivity contribution in [3.8, 4) is 0 Å². The maximum atomic E-state index is 12.8. The van der Waals surface area contributed by atoms with Crippen molar-refractivity contribution in [2.75, 3.05) is 13.1 Å². The third kappa shape index (κ3) is 4.23. The van der Waals surface area contributed by atoms with Crippen LogP contribution in [0.25, 0.3) is 0 Å². The maximum Gasteiger partial charge on any atom is 0.252 e. The maximum absolute atomic E-state index is 12.8. The van der Waals surface area contributed by atoms with Gasteiger partial charge in [-0.05, 0) is 43.2 Å². The van der Waals surface area contributed by atoms with Crippen molar-refractivity contribution in [1.29, 1.82) is 0 Å². The summed E-state index contributed by atoms with van der Waals surface area (Å²) in [5.74, 6) is 0.260. The van der Waals surface area contributed by atoms with Crippen LogP contribution in [0.4, 0.5) is 0 Å². The van der Waals surface area contributed by atoms with E-state index in [9.17, 15) is 8.42 Å². The Balaban J connectivity index is 0.00000242. The van der Waals surface area contributed by atoms with Crippen LogP contribution in [-0.2, 0) is 15.4 Å². The van der Waals surface area contributed by atoms with Crippen molar-refractivity contribution in [2.24, 2.45) is 11.7 Å². The lowest BCUT2D eigenvalue weighted by Gasteiger charge is -2.33. The van der Waals surface area contributed by atoms with Gasteiger partial charge in [-0.2, -0.15) is 4.31 Å². The van der Waals surface area contributed by atoms with E-state index in [0.717, 1.165) is 17.7 Å². The van der Waals surface area contributed by atoms with E-state index in [1.54, 1.807) is 10.4 Å². The van der Waals surface area contributed by atoms with E-state index in [1.807, 2.05) is 13.0 Å². The smallest absolute Gasteiger partial charge is 0.252 e. The Morgan fingerprint density at radius 3 is 2.50 bits per heavy atom.